The fraction of sp³-hybridized carbons (Fsp3) is 0.316. The summed E-state index contributed by atoms with van der Waals surface area (Å²) in [7, 11) is -3.67. The quantitative estimate of drug-likeness (QED) is 0.464. The number of rotatable bonds is 7. The smallest absolute Gasteiger partial charge is 0.269 e. The lowest BCUT2D eigenvalue weighted by Crippen LogP contribution is -2.49. The molecule has 1 fully saturated rings. The molecule has 0 spiro atoms. The molecule has 1 aliphatic rings. The van der Waals surface area contributed by atoms with E-state index < -0.39 is 14.9 Å². The van der Waals surface area contributed by atoms with Gasteiger partial charge in [-0.05, 0) is 30.3 Å². The van der Waals surface area contributed by atoms with Gasteiger partial charge >= 0.3 is 0 Å². The van der Waals surface area contributed by atoms with Crippen LogP contribution in [-0.4, -0.2) is 56.9 Å². The zero-order valence-corrected chi connectivity index (χ0v) is 18.4. The lowest BCUT2D eigenvalue weighted by atomic mass is 10.2. The Labute approximate surface area is 183 Å². The highest BCUT2D eigenvalue weighted by atomic mass is 79.9. The molecule has 11 heteroatoms. The van der Waals surface area contributed by atoms with Gasteiger partial charge in [0.05, 0.1) is 9.82 Å². The van der Waals surface area contributed by atoms with E-state index >= 15 is 0 Å². The summed E-state index contributed by atoms with van der Waals surface area (Å²) < 4.78 is 27.7. The third-order valence-electron chi connectivity index (χ3n) is 4.80. The van der Waals surface area contributed by atoms with Gasteiger partial charge in [0.1, 0.15) is 0 Å². The van der Waals surface area contributed by atoms with Crippen LogP contribution in [-0.2, 0) is 14.8 Å². The van der Waals surface area contributed by atoms with Gasteiger partial charge < -0.3 is 9.80 Å². The molecule has 0 bridgehead atoms. The molecule has 2 aromatic rings. The van der Waals surface area contributed by atoms with Crippen LogP contribution in [0.5, 0.6) is 0 Å². The molecule has 1 amide bonds. The van der Waals surface area contributed by atoms with Crippen molar-refractivity contribution in [2.75, 3.05) is 37.6 Å². The van der Waals surface area contributed by atoms with Crippen LogP contribution in [0.25, 0.3) is 0 Å². The number of benzene rings is 2. The van der Waals surface area contributed by atoms with Crippen LogP contribution in [0, 0.1) is 10.1 Å². The maximum atomic E-state index is 12.4. The minimum Gasteiger partial charge on any atom is -0.368 e. The van der Waals surface area contributed by atoms with Crippen LogP contribution in [0.1, 0.15) is 6.42 Å². The number of nitro benzene ring substituents is 1. The number of anilines is 1. The van der Waals surface area contributed by atoms with Crippen LogP contribution < -0.4 is 9.62 Å². The Morgan fingerprint density at radius 3 is 2.37 bits per heavy atom. The highest BCUT2D eigenvalue weighted by Crippen LogP contribution is 2.21. The number of halogens is 1. The third kappa shape index (κ3) is 5.55. The van der Waals surface area contributed by atoms with E-state index in [1.165, 1.54) is 24.3 Å². The van der Waals surface area contributed by atoms with E-state index in [4.69, 9.17) is 0 Å². The van der Waals surface area contributed by atoms with Gasteiger partial charge in [-0.2, -0.15) is 0 Å². The monoisotopic (exact) mass is 496 g/mol. The van der Waals surface area contributed by atoms with Crippen molar-refractivity contribution in [3.05, 3.63) is 63.1 Å². The Kier molecular flexibility index (Phi) is 7.06. The van der Waals surface area contributed by atoms with Gasteiger partial charge in [0.15, 0.2) is 0 Å². The molecule has 9 nitrogen and oxygen atoms in total. The number of nitrogens with one attached hydrogen (secondary N) is 1. The summed E-state index contributed by atoms with van der Waals surface area (Å²) >= 11 is 3.24. The molecule has 0 radical (unpaired) electrons. The van der Waals surface area contributed by atoms with E-state index in [0.717, 1.165) is 5.69 Å². The van der Waals surface area contributed by atoms with Crippen LogP contribution >= 0.6 is 15.9 Å². The molecule has 3 rings (SSSR count). The lowest BCUT2D eigenvalue weighted by Gasteiger charge is -2.36. The molecular weight excluding hydrogens is 476 g/mol. The number of amides is 1. The second-order valence-electron chi connectivity index (χ2n) is 6.75. The molecule has 0 unspecified atom stereocenters. The summed E-state index contributed by atoms with van der Waals surface area (Å²) in [5.41, 5.74) is 0.910. The number of non-ortho nitro benzene ring substituents is 1. The zero-order valence-electron chi connectivity index (χ0n) is 16.0. The van der Waals surface area contributed by atoms with Crippen molar-refractivity contribution < 1.29 is 18.1 Å². The van der Waals surface area contributed by atoms with Crippen LogP contribution in [0.3, 0.4) is 0 Å². The minimum absolute atomic E-state index is 0.0241. The molecule has 1 N–H and O–H groups in total. The van der Waals surface area contributed by atoms with Gasteiger partial charge in [-0.15, -0.1) is 0 Å². The van der Waals surface area contributed by atoms with Gasteiger partial charge in [0, 0.05) is 61.4 Å². The first-order chi connectivity index (χ1) is 14.3. The van der Waals surface area contributed by atoms with Gasteiger partial charge in [0.25, 0.3) is 5.69 Å². The molecule has 0 saturated carbocycles. The van der Waals surface area contributed by atoms with Gasteiger partial charge in [0.2, 0.25) is 15.9 Å². The normalized spacial score (nSPS) is 14.6. The van der Waals surface area contributed by atoms with Crippen molar-refractivity contribution in [1.29, 1.82) is 0 Å². The van der Waals surface area contributed by atoms with E-state index in [9.17, 15) is 23.3 Å². The Balaban J connectivity index is 1.47. The lowest BCUT2D eigenvalue weighted by molar-refractivity contribution is -0.384. The number of sulfonamides is 1. The molecule has 0 aliphatic carbocycles. The largest absolute Gasteiger partial charge is 0.368 e. The first kappa shape index (κ1) is 22.2. The second kappa shape index (κ2) is 9.54. The molecule has 160 valence electrons. The van der Waals surface area contributed by atoms with Crippen molar-refractivity contribution in [2.45, 2.75) is 11.3 Å². The summed E-state index contributed by atoms with van der Waals surface area (Å²) in [5.74, 6) is -0.115. The van der Waals surface area contributed by atoms with Crippen molar-refractivity contribution in [2.24, 2.45) is 0 Å². The maximum Gasteiger partial charge on any atom is 0.269 e. The third-order valence-corrected chi connectivity index (χ3v) is 6.75. The summed E-state index contributed by atoms with van der Waals surface area (Å²) in [5, 5.41) is 10.8. The molecule has 2 aromatic carbocycles. The minimum atomic E-state index is -3.67. The summed E-state index contributed by atoms with van der Waals surface area (Å²) in [6.07, 6.45) is 0.0742. The molecule has 0 atom stereocenters. The molecular formula is C19H21BrN4O5S. The Hall–Kier alpha value is -2.50. The fourth-order valence-corrected chi connectivity index (χ4v) is 4.80. The Morgan fingerprint density at radius 1 is 1.10 bits per heavy atom. The number of carbonyl (C=O) groups is 1. The van der Waals surface area contributed by atoms with E-state index in [1.807, 2.05) is 0 Å². The summed E-state index contributed by atoms with van der Waals surface area (Å²) in [6, 6.07) is 12.7. The molecule has 1 aliphatic heterocycles. The number of carbonyl (C=O) groups excluding carboxylic acids is 1. The summed E-state index contributed by atoms with van der Waals surface area (Å²) in [6.45, 7) is 2.25. The van der Waals surface area contributed by atoms with Gasteiger partial charge in [-0.3, -0.25) is 14.9 Å². The number of hydrogen-bond donors (Lipinski definition) is 1. The molecule has 30 heavy (non-hydrogen) atoms. The SMILES string of the molecule is O=C(CCNS(=O)(=O)c1cccc(Br)c1)N1CCN(c2ccc([N+](=O)[O-])cc2)CC1. The first-order valence-corrected chi connectivity index (χ1v) is 11.6. The van der Waals surface area contributed by atoms with Crippen molar-refractivity contribution in [3.63, 3.8) is 0 Å². The van der Waals surface area contributed by atoms with E-state index in [2.05, 4.69) is 25.6 Å². The number of piperazine rings is 1. The average molecular weight is 497 g/mol. The average Bonchev–Trinajstić information content (AvgIpc) is 2.74. The van der Waals surface area contributed by atoms with Crippen molar-refractivity contribution >= 4 is 43.2 Å². The predicted octanol–water partition coefficient (Wildman–Crippen LogP) is 2.37. The number of nitro groups is 1. The van der Waals surface area contributed by atoms with Crippen molar-refractivity contribution in [3.8, 4) is 0 Å². The topological polar surface area (TPSA) is 113 Å². The Bertz CT molecular complexity index is 1020. The fourth-order valence-electron chi connectivity index (χ4n) is 3.17. The molecule has 1 heterocycles. The predicted molar refractivity (Wildman–Crippen MR) is 116 cm³/mol. The number of nitrogens with zero attached hydrogens (tertiary/aromatic N) is 3. The molecule has 1 saturated heterocycles. The highest BCUT2D eigenvalue weighted by Gasteiger charge is 2.22. The maximum absolute atomic E-state index is 12.4. The van der Waals surface area contributed by atoms with E-state index in [-0.39, 0.29) is 29.5 Å². The number of hydrogen-bond acceptors (Lipinski definition) is 6. The highest BCUT2D eigenvalue weighted by molar-refractivity contribution is 9.10. The van der Waals surface area contributed by atoms with Crippen LogP contribution in [0.2, 0.25) is 0 Å². The molecule has 0 aromatic heterocycles. The van der Waals surface area contributed by atoms with Crippen molar-refractivity contribution in [1.82, 2.24) is 9.62 Å². The van der Waals surface area contributed by atoms with Crippen LogP contribution in [0.15, 0.2) is 57.9 Å². The second-order valence-corrected chi connectivity index (χ2v) is 9.43. The zero-order chi connectivity index (χ0) is 21.7. The standard InChI is InChI=1S/C19H21BrN4O5S/c20-15-2-1-3-18(14-15)30(28,29)21-9-8-19(25)23-12-10-22(11-13-23)16-4-6-17(7-5-16)24(26)27/h1-7,14,21H,8-13H2. The van der Waals surface area contributed by atoms with Crippen LogP contribution in [0.4, 0.5) is 11.4 Å². The summed E-state index contributed by atoms with van der Waals surface area (Å²) in [4.78, 5) is 26.6. The first-order valence-electron chi connectivity index (χ1n) is 9.29. The van der Waals surface area contributed by atoms with E-state index in [1.54, 1.807) is 29.2 Å². The van der Waals surface area contributed by atoms with Gasteiger partial charge in [-0.25, -0.2) is 13.1 Å². The Morgan fingerprint density at radius 2 is 1.77 bits per heavy atom. The van der Waals surface area contributed by atoms with Gasteiger partial charge in [-0.1, -0.05) is 22.0 Å². The van der Waals surface area contributed by atoms with E-state index in [0.29, 0.717) is 30.7 Å².